The average Bonchev–Trinajstić information content (AvgIpc) is 2.61. The van der Waals surface area contributed by atoms with Crippen LogP contribution in [0.15, 0.2) is 49.6 Å². The zero-order chi connectivity index (χ0) is 18.2. The number of carbonyl (C=O) groups excluding carboxylic acids is 2. The van der Waals surface area contributed by atoms with Crippen LogP contribution in [-0.2, 0) is 4.79 Å². The highest BCUT2D eigenvalue weighted by molar-refractivity contribution is 5.96. The third kappa shape index (κ3) is 5.29. The normalized spacial score (nSPS) is 19.7. The molecule has 1 aliphatic rings. The summed E-state index contributed by atoms with van der Waals surface area (Å²) in [4.78, 5) is 26.5. The van der Waals surface area contributed by atoms with E-state index in [2.05, 4.69) is 18.5 Å². The molecule has 0 heterocycles. The Kier molecular flexibility index (Phi) is 6.95. The molecule has 3 N–H and O–H groups in total. The maximum Gasteiger partial charge on any atom is 0.254 e. The second kappa shape index (κ2) is 9.18. The third-order valence-corrected chi connectivity index (χ3v) is 4.47. The molecular formula is C20H27N3O2. The smallest absolute Gasteiger partial charge is 0.254 e. The molecule has 1 aromatic rings. The van der Waals surface area contributed by atoms with Gasteiger partial charge >= 0.3 is 0 Å². The van der Waals surface area contributed by atoms with Crippen LogP contribution in [0, 0.1) is 5.92 Å². The SMILES string of the molecule is C=CCN(CC=C)C(=O)c1ccc(NC(=O)C2CCCC(N)C2)cc1. The first-order valence-corrected chi connectivity index (χ1v) is 8.72. The van der Waals surface area contributed by atoms with Gasteiger partial charge in [-0.25, -0.2) is 0 Å². The second-order valence-corrected chi connectivity index (χ2v) is 6.48. The van der Waals surface area contributed by atoms with Crippen molar-refractivity contribution in [1.82, 2.24) is 4.90 Å². The number of hydrogen-bond acceptors (Lipinski definition) is 3. The van der Waals surface area contributed by atoms with Gasteiger partial charge in [0.25, 0.3) is 5.91 Å². The van der Waals surface area contributed by atoms with Crippen molar-refractivity contribution < 1.29 is 9.59 Å². The lowest BCUT2D eigenvalue weighted by Gasteiger charge is -2.25. The molecular weight excluding hydrogens is 314 g/mol. The van der Waals surface area contributed by atoms with Gasteiger partial charge in [0.05, 0.1) is 0 Å². The van der Waals surface area contributed by atoms with Crippen LogP contribution < -0.4 is 11.1 Å². The Morgan fingerprint density at radius 2 is 1.80 bits per heavy atom. The lowest BCUT2D eigenvalue weighted by molar-refractivity contribution is -0.120. The predicted octanol–water partition coefficient (Wildman–Crippen LogP) is 2.96. The summed E-state index contributed by atoms with van der Waals surface area (Å²) >= 11 is 0. The summed E-state index contributed by atoms with van der Waals surface area (Å²) in [6.45, 7) is 8.27. The molecule has 1 aliphatic carbocycles. The molecule has 0 spiro atoms. The number of amides is 2. The van der Waals surface area contributed by atoms with Gasteiger partial charge in [0.15, 0.2) is 0 Å². The van der Waals surface area contributed by atoms with E-state index in [0.717, 1.165) is 25.7 Å². The number of benzene rings is 1. The highest BCUT2D eigenvalue weighted by atomic mass is 16.2. The quantitative estimate of drug-likeness (QED) is 0.749. The van der Waals surface area contributed by atoms with Crippen LogP contribution in [-0.4, -0.2) is 35.8 Å². The Balaban J connectivity index is 1.99. The fraction of sp³-hybridized carbons (Fsp3) is 0.400. The summed E-state index contributed by atoms with van der Waals surface area (Å²) in [6, 6.07) is 7.08. The van der Waals surface area contributed by atoms with Gasteiger partial charge in [-0.05, 0) is 43.5 Å². The monoisotopic (exact) mass is 341 g/mol. The Labute approximate surface area is 149 Å². The van der Waals surface area contributed by atoms with Crippen LogP contribution in [0.25, 0.3) is 0 Å². The minimum atomic E-state index is -0.0871. The number of carbonyl (C=O) groups is 2. The van der Waals surface area contributed by atoms with E-state index in [9.17, 15) is 9.59 Å². The van der Waals surface area contributed by atoms with Crippen molar-refractivity contribution in [3.8, 4) is 0 Å². The minimum absolute atomic E-state index is 0.00849. The van der Waals surface area contributed by atoms with Gasteiger partial charge in [0.1, 0.15) is 0 Å². The van der Waals surface area contributed by atoms with Gasteiger partial charge in [-0.1, -0.05) is 18.6 Å². The molecule has 2 atom stereocenters. The molecule has 1 fully saturated rings. The Morgan fingerprint density at radius 1 is 1.16 bits per heavy atom. The molecule has 0 saturated heterocycles. The van der Waals surface area contributed by atoms with Crippen molar-refractivity contribution in [2.24, 2.45) is 11.7 Å². The summed E-state index contributed by atoms with van der Waals surface area (Å²) in [7, 11) is 0. The summed E-state index contributed by atoms with van der Waals surface area (Å²) in [6.07, 6.45) is 6.98. The van der Waals surface area contributed by atoms with E-state index in [4.69, 9.17) is 5.73 Å². The molecule has 25 heavy (non-hydrogen) atoms. The van der Waals surface area contributed by atoms with Crippen LogP contribution in [0.3, 0.4) is 0 Å². The highest BCUT2D eigenvalue weighted by Gasteiger charge is 2.25. The first-order chi connectivity index (χ1) is 12.0. The summed E-state index contributed by atoms with van der Waals surface area (Å²) in [5.41, 5.74) is 7.22. The van der Waals surface area contributed by atoms with Crippen molar-refractivity contribution in [2.45, 2.75) is 31.7 Å². The molecule has 0 bridgehead atoms. The predicted molar refractivity (Wildman–Crippen MR) is 101 cm³/mol. The second-order valence-electron chi connectivity index (χ2n) is 6.48. The Hall–Kier alpha value is -2.40. The number of rotatable bonds is 7. The molecule has 0 aromatic heterocycles. The van der Waals surface area contributed by atoms with E-state index >= 15 is 0 Å². The molecule has 5 nitrogen and oxygen atoms in total. The van der Waals surface area contributed by atoms with Gasteiger partial charge < -0.3 is 16.0 Å². The van der Waals surface area contributed by atoms with Crippen LogP contribution in [0.5, 0.6) is 0 Å². The van der Waals surface area contributed by atoms with Crippen LogP contribution in [0.4, 0.5) is 5.69 Å². The molecule has 134 valence electrons. The maximum absolute atomic E-state index is 12.5. The van der Waals surface area contributed by atoms with E-state index in [-0.39, 0.29) is 23.8 Å². The van der Waals surface area contributed by atoms with E-state index in [1.165, 1.54) is 0 Å². The number of nitrogens with zero attached hydrogens (tertiary/aromatic N) is 1. The molecule has 2 amide bonds. The topological polar surface area (TPSA) is 75.4 Å². The van der Waals surface area contributed by atoms with E-state index in [0.29, 0.717) is 24.3 Å². The minimum Gasteiger partial charge on any atom is -0.331 e. The summed E-state index contributed by atoms with van der Waals surface area (Å²) in [5.74, 6) is -0.106. The van der Waals surface area contributed by atoms with Gasteiger partial charge in [0.2, 0.25) is 5.91 Å². The maximum atomic E-state index is 12.5. The summed E-state index contributed by atoms with van der Waals surface area (Å²) in [5, 5.41) is 2.93. The van der Waals surface area contributed by atoms with Crippen LogP contribution in [0.2, 0.25) is 0 Å². The number of nitrogens with one attached hydrogen (secondary N) is 1. The van der Waals surface area contributed by atoms with Crippen LogP contribution in [0.1, 0.15) is 36.0 Å². The van der Waals surface area contributed by atoms with E-state index in [1.54, 1.807) is 41.3 Å². The Morgan fingerprint density at radius 3 is 2.36 bits per heavy atom. The van der Waals surface area contributed by atoms with E-state index in [1.807, 2.05) is 0 Å². The zero-order valence-electron chi connectivity index (χ0n) is 14.6. The lowest BCUT2D eigenvalue weighted by Crippen LogP contribution is -2.34. The number of anilines is 1. The van der Waals surface area contributed by atoms with Gasteiger partial charge in [-0.15, -0.1) is 13.2 Å². The number of nitrogens with two attached hydrogens (primary N) is 1. The highest BCUT2D eigenvalue weighted by Crippen LogP contribution is 2.24. The molecule has 1 saturated carbocycles. The fourth-order valence-electron chi connectivity index (χ4n) is 3.14. The first kappa shape index (κ1) is 18.9. The summed E-state index contributed by atoms with van der Waals surface area (Å²) < 4.78 is 0. The molecule has 0 radical (unpaired) electrons. The molecule has 0 aliphatic heterocycles. The molecule has 2 unspecified atom stereocenters. The molecule has 1 aromatic carbocycles. The van der Waals surface area contributed by atoms with Crippen molar-refractivity contribution >= 4 is 17.5 Å². The van der Waals surface area contributed by atoms with Gasteiger partial charge in [-0.2, -0.15) is 0 Å². The van der Waals surface area contributed by atoms with Crippen molar-refractivity contribution in [2.75, 3.05) is 18.4 Å². The third-order valence-electron chi connectivity index (χ3n) is 4.47. The molecule has 5 heteroatoms. The zero-order valence-corrected chi connectivity index (χ0v) is 14.6. The van der Waals surface area contributed by atoms with Crippen molar-refractivity contribution in [1.29, 1.82) is 0 Å². The number of hydrogen-bond donors (Lipinski definition) is 2. The first-order valence-electron chi connectivity index (χ1n) is 8.72. The standard InChI is InChI=1S/C20H27N3O2/c1-3-12-23(13-4-2)20(25)15-8-10-18(11-9-15)22-19(24)16-6-5-7-17(21)14-16/h3-4,8-11,16-17H,1-2,5-7,12-14,21H2,(H,22,24). The van der Waals surface area contributed by atoms with E-state index < -0.39 is 0 Å². The fourth-order valence-corrected chi connectivity index (χ4v) is 3.14. The van der Waals surface area contributed by atoms with Crippen LogP contribution >= 0.6 is 0 Å². The van der Waals surface area contributed by atoms with Gasteiger partial charge in [-0.3, -0.25) is 9.59 Å². The van der Waals surface area contributed by atoms with Crippen molar-refractivity contribution in [3.05, 3.63) is 55.1 Å². The lowest BCUT2D eigenvalue weighted by atomic mass is 9.85. The average molecular weight is 341 g/mol. The largest absolute Gasteiger partial charge is 0.331 e. The Bertz CT molecular complexity index is 614. The van der Waals surface area contributed by atoms with Crippen molar-refractivity contribution in [3.63, 3.8) is 0 Å². The van der Waals surface area contributed by atoms with Gasteiger partial charge in [0, 0.05) is 36.3 Å². The molecule has 2 rings (SSSR count).